The van der Waals surface area contributed by atoms with Crippen LogP contribution in [0.15, 0.2) is 41.3 Å². The first kappa shape index (κ1) is 14.4. The molecule has 21 heavy (non-hydrogen) atoms. The number of hydrogen-bond acceptors (Lipinski definition) is 3. The van der Waals surface area contributed by atoms with Crippen molar-refractivity contribution in [2.75, 3.05) is 7.11 Å². The average molecular weight is 307 g/mol. The molecule has 1 aliphatic rings. The molecule has 5 heteroatoms. The zero-order chi connectivity index (χ0) is 15.0. The van der Waals surface area contributed by atoms with E-state index in [9.17, 15) is 8.78 Å². The van der Waals surface area contributed by atoms with E-state index in [2.05, 4.69) is 0 Å². The molecular formula is C16H15F2NOS. The number of fused-ring (bicyclic) bond motifs is 1. The van der Waals surface area contributed by atoms with Crippen LogP contribution >= 0.6 is 11.8 Å². The van der Waals surface area contributed by atoms with Crippen LogP contribution in [0.2, 0.25) is 0 Å². The van der Waals surface area contributed by atoms with Crippen molar-refractivity contribution in [3.63, 3.8) is 0 Å². The van der Waals surface area contributed by atoms with Crippen molar-refractivity contribution in [3.05, 3.63) is 59.2 Å². The minimum absolute atomic E-state index is 0.0107. The molecule has 0 saturated heterocycles. The Kier molecular flexibility index (Phi) is 3.87. The van der Waals surface area contributed by atoms with Gasteiger partial charge in [-0.2, -0.15) is 0 Å². The Morgan fingerprint density at radius 1 is 1.19 bits per heavy atom. The van der Waals surface area contributed by atoms with Crippen molar-refractivity contribution in [3.8, 4) is 5.75 Å². The molecule has 0 bridgehead atoms. The molecule has 0 radical (unpaired) electrons. The van der Waals surface area contributed by atoms with Crippen LogP contribution in [-0.2, 0) is 6.42 Å². The van der Waals surface area contributed by atoms with Crippen molar-refractivity contribution < 1.29 is 13.5 Å². The maximum Gasteiger partial charge on any atom is 0.136 e. The highest BCUT2D eigenvalue weighted by Crippen LogP contribution is 2.42. The quantitative estimate of drug-likeness (QED) is 0.939. The minimum atomic E-state index is -0.440. The summed E-state index contributed by atoms with van der Waals surface area (Å²) in [4.78, 5) is 0.301. The van der Waals surface area contributed by atoms with Gasteiger partial charge in [0, 0.05) is 16.2 Å². The van der Waals surface area contributed by atoms with E-state index in [1.165, 1.54) is 17.8 Å². The van der Waals surface area contributed by atoms with Crippen LogP contribution < -0.4 is 10.5 Å². The zero-order valence-electron chi connectivity index (χ0n) is 11.5. The summed E-state index contributed by atoms with van der Waals surface area (Å²) in [6.45, 7) is 0. The van der Waals surface area contributed by atoms with Gasteiger partial charge in [-0.1, -0.05) is 6.07 Å². The number of ether oxygens (including phenoxy) is 1. The van der Waals surface area contributed by atoms with E-state index in [1.54, 1.807) is 7.11 Å². The second-order valence-corrected chi connectivity index (χ2v) is 6.31. The Bertz CT molecular complexity index is 677. The van der Waals surface area contributed by atoms with E-state index >= 15 is 0 Å². The number of rotatable bonds is 3. The van der Waals surface area contributed by atoms with Gasteiger partial charge in [0.1, 0.15) is 17.4 Å². The SMILES string of the molecule is COc1ccc2c(c1)C(N)C(Sc1cc(F)ccc1F)C2. The molecule has 0 amide bonds. The molecule has 0 spiro atoms. The Morgan fingerprint density at radius 3 is 2.76 bits per heavy atom. The predicted molar refractivity (Wildman–Crippen MR) is 79.6 cm³/mol. The van der Waals surface area contributed by atoms with E-state index in [1.807, 2.05) is 18.2 Å². The highest BCUT2D eigenvalue weighted by atomic mass is 32.2. The normalized spacial score (nSPS) is 20.4. The molecule has 0 saturated carbocycles. The van der Waals surface area contributed by atoms with E-state index in [0.29, 0.717) is 4.90 Å². The van der Waals surface area contributed by atoms with Crippen LogP contribution in [0, 0.1) is 11.6 Å². The van der Waals surface area contributed by atoms with Gasteiger partial charge < -0.3 is 10.5 Å². The first-order valence-electron chi connectivity index (χ1n) is 6.62. The number of nitrogens with two attached hydrogens (primary N) is 1. The molecule has 0 heterocycles. The van der Waals surface area contributed by atoms with E-state index < -0.39 is 11.6 Å². The maximum atomic E-state index is 13.7. The third-order valence-corrected chi connectivity index (χ3v) is 5.03. The van der Waals surface area contributed by atoms with E-state index in [-0.39, 0.29) is 11.3 Å². The molecule has 2 aromatic rings. The minimum Gasteiger partial charge on any atom is -0.497 e. The third-order valence-electron chi connectivity index (χ3n) is 3.71. The lowest BCUT2D eigenvalue weighted by Gasteiger charge is -2.16. The summed E-state index contributed by atoms with van der Waals surface area (Å²) >= 11 is 1.29. The van der Waals surface area contributed by atoms with Gasteiger partial charge in [-0.05, 0) is 47.9 Å². The predicted octanol–water partition coefficient (Wildman–Crippen LogP) is 3.69. The number of benzene rings is 2. The van der Waals surface area contributed by atoms with Gasteiger partial charge in [0.2, 0.25) is 0 Å². The highest BCUT2D eigenvalue weighted by Gasteiger charge is 2.31. The third kappa shape index (κ3) is 2.76. The summed E-state index contributed by atoms with van der Waals surface area (Å²) in [6.07, 6.45) is 0.737. The van der Waals surface area contributed by atoms with Crippen molar-refractivity contribution in [1.29, 1.82) is 0 Å². The van der Waals surface area contributed by atoms with Crippen LogP contribution in [0.4, 0.5) is 8.78 Å². The maximum absolute atomic E-state index is 13.7. The number of thioether (sulfide) groups is 1. The lowest BCUT2D eigenvalue weighted by molar-refractivity contribution is 0.414. The van der Waals surface area contributed by atoms with Gasteiger partial charge in [0.15, 0.2) is 0 Å². The summed E-state index contributed by atoms with van der Waals surface area (Å²) in [5, 5.41) is -0.0107. The van der Waals surface area contributed by atoms with Crippen LogP contribution in [0.5, 0.6) is 5.75 Å². The van der Waals surface area contributed by atoms with Crippen molar-refractivity contribution >= 4 is 11.8 Å². The molecule has 0 aromatic heterocycles. The smallest absolute Gasteiger partial charge is 0.136 e. The van der Waals surface area contributed by atoms with Crippen LogP contribution in [0.3, 0.4) is 0 Å². The molecule has 3 rings (SSSR count). The second kappa shape index (κ2) is 5.66. The van der Waals surface area contributed by atoms with Gasteiger partial charge in [0.05, 0.1) is 7.11 Å². The van der Waals surface area contributed by atoms with Gasteiger partial charge in [0.25, 0.3) is 0 Å². The zero-order valence-corrected chi connectivity index (χ0v) is 12.3. The molecule has 2 N–H and O–H groups in total. The number of methoxy groups -OCH3 is 1. The van der Waals surface area contributed by atoms with Gasteiger partial charge in [-0.15, -0.1) is 11.8 Å². The van der Waals surface area contributed by atoms with Crippen LogP contribution in [0.25, 0.3) is 0 Å². The Morgan fingerprint density at radius 2 is 2.00 bits per heavy atom. The molecule has 2 aromatic carbocycles. The molecule has 2 nitrogen and oxygen atoms in total. The molecule has 1 aliphatic carbocycles. The fourth-order valence-corrected chi connectivity index (χ4v) is 3.83. The Balaban J connectivity index is 1.84. The topological polar surface area (TPSA) is 35.2 Å². The standard InChI is InChI=1S/C16H15F2NOS/c1-20-11-4-2-9-6-15(16(19)12(9)8-11)21-14-7-10(17)3-5-13(14)18/h2-5,7-8,15-16H,6,19H2,1H3. The van der Waals surface area contributed by atoms with Crippen LogP contribution in [0.1, 0.15) is 17.2 Å². The average Bonchev–Trinajstić information content (AvgIpc) is 2.79. The van der Waals surface area contributed by atoms with Crippen molar-refractivity contribution in [2.45, 2.75) is 22.6 Å². The molecule has 0 aliphatic heterocycles. The van der Waals surface area contributed by atoms with Crippen LogP contribution in [-0.4, -0.2) is 12.4 Å². The largest absolute Gasteiger partial charge is 0.497 e. The summed E-state index contributed by atoms with van der Waals surface area (Å²) in [5.41, 5.74) is 8.41. The summed E-state index contributed by atoms with van der Waals surface area (Å²) in [6, 6.07) is 9.06. The fourth-order valence-electron chi connectivity index (χ4n) is 2.59. The fraction of sp³-hybridized carbons (Fsp3) is 0.250. The van der Waals surface area contributed by atoms with E-state index in [4.69, 9.17) is 10.5 Å². The molecule has 110 valence electrons. The van der Waals surface area contributed by atoms with E-state index in [0.717, 1.165) is 35.4 Å². The molecule has 2 atom stereocenters. The van der Waals surface area contributed by atoms with Gasteiger partial charge in [-0.25, -0.2) is 8.78 Å². The first-order chi connectivity index (χ1) is 10.1. The Labute approximate surface area is 126 Å². The monoisotopic (exact) mass is 307 g/mol. The number of hydrogen-bond donors (Lipinski definition) is 1. The summed E-state index contributed by atoms with van der Waals surface area (Å²) in [5.74, 6) is -0.0985. The molecular weight excluding hydrogens is 292 g/mol. The van der Waals surface area contributed by atoms with Gasteiger partial charge >= 0.3 is 0 Å². The lowest BCUT2D eigenvalue weighted by Crippen LogP contribution is -2.19. The Hall–Kier alpha value is -1.59. The highest BCUT2D eigenvalue weighted by molar-refractivity contribution is 8.00. The molecule has 0 fully saturated rings. The first-order valence-corrected chi connectivity index (χ1v) is 7.50. The van der Waals surface area contributed by atoms with Gasteiger partial charge in [-0.3, -0.25) is 0 Å². The van der Waals surface area contributed by atoms with Crippen molar-refractivity contribution in [1.82, 2.24) is 0 Å². The second-order valence-electron chi connectivity index (χ2n) is 5.03. The lowest BCUT2D eigenvalue weighted by atomic mass is 10.1. The molecule has 2 unspecified atom stereocenters. The number of halogens is 2. The summed E-state index contributed by atoms with van der Waals surface area (Å²) in [7, 11) is 1.61. The van der Waals surface area contributed by atoms with Crippen molar-refractivity contribution in [2.24, 2.45) is 5.73 Å². The summed E-state index contributed by atoms with van der Waals surface area (Å²) < 4.78 is 32.2.